The Bertz CT molecular complexity index is 762. The fourth-order valence-electron chi connectivity index (χ4n) is 2.74. The molecule has 0 aromatic carbocycles. The van der Waals surface area contributed by atoms with Crippen LogP contribution in [0.3, 0.4) is 0 Å². The molecule has 0 unspecified atom stereocenters. The first kappa shape index (κ1) is 16.4. The molecule has 1 saturated heterocycles. The first-order valence-electron chi connectivity index (χ1n) is 7.93. The Hall–Kier alpha value is -2.48. The molecule has 2 aromatic rings. The Kier molecular flexibility index (Phi) is 4.75. The molecule has 8 nitrogen and oxygen atoms in total. The summed E-state index contributed by atoms with van der Waals surface area (Å²) in [5, 5.41) is 0. The second kappa shape index (κ2) is 6.96. The van der Waals surface area contributed by atoms with E-state index in [-0.39, 0.29) is 11.7 Å². The largest absolute Gasteiger partial charge is 0.373 e. The first-order chi connectivity index (χ1) is 11.5. The number of likely N-dealkylation sites (N-methyl/N-ethyl adjacent to an activating group) is 1. The first-order valence-corrected chi connectivity index (χ1v) is 7.93. The zero-order chi connectivity index (χ0) is 17.1. The van der Waals surface area contributed by atoms with Crippen LogP contribution in [0.2, 0.25) is 0 Å². The van der Waals surface area contributed by atoms with Crippen molar-refractivity contribution in [3.05, 3.63) is 40.7 Å². The van der Waals surface area contributed by atoms with E-state index in [1.807, 2.05) is 24.9 Å². The van der Waals surface area contributed by atoms with Crippen LogP contribution < -0.4 is 15.4 Å². The van der Waals surface area contributed by atoms with E-state index in [0.717, 1.165) is 18.2 Å². The second-order valence-corrected chi connectivity index (χ2v) is 5.98. The average molecular weight is 330 g/mol. The van der Waals surface area contributed by atoms with Crippen molar-refractivity contribution in [2.45, 2.75) is 13.0 Å². The van der Waals surface area contributed by atoms with Crippen molar-refractivity contribution in [3.63, 3.8) is 0 Å². The van der Waals surface area contributed by atoms with Gasteiger partial charge in [0, 0.05) is 58.0 Å². The molecule has 1 aliphatic rings. The van der Waals surface area contributed by atoms with Gasteiger partial charge in [0.25, 0.3) is 5.56 Å². The molecule has 0 amide bonds. The van der Waals surface area contributed by atoms with Crippen LogP contribution in [0.25, 0.3) is 0 Å². The van der Waals surface area contributed by atoms with Crippen molar-refractivity contribution in [2.24, 2.45) is 7.05 Å². The minimum absolute atomic E-state index is 0.0421. The van der Waals surface area contributed by atoms with Crippen LogP contribution in [-0.4, -0.2) is 58.9 Å². The summed E-state index contributed by atoms with van der Waals surface area (Å²) in [5.74, 6) is 1.15. The summed E-state index contributed by atoms with van der Waals surface area (Å²) < 4.78 is 7.37. The van der Waals surface area contributed by atoms with E-state index in [2.05, 4.69) is 19.9 Å². The topological polar surface area (TPSA) is 76.4 Å². The Morgan fingerprint density at radius 3 is 3.00 bits per heavy atom. The molecule has 3 rings (SSSR count). The van der Waals surface area contributed by atoms with E-state index in [9.17, 15) is 4.79 Å². The lowest BCUT2D eigenvalue weighted by atomic mass is 10.2. The molecule has 1 fully saturated rings. The molecule has 0 aliphatic carbocycles. The monoisotopic (exact) mass is 330 g/mol. The van der Waals surface area contributed by atoms with Gasteiger partial charge < -0.3 is 19.1 Å². The Balaban J connectivity index is 1.69. The highest BCUT2D eigenvalue weighted by molar-refractivity contribution is 5.35. The zero-order valence-corrected chi connectivity index (χ0v) is 14.2. The number of hydrogen-bond acceptors (Lipinski definition) is 7. The highest BCUT2D eigenvalue weighted by Crippen LogP contribution is 2.14. The van der Waals surface area contributed by atoms with E-state index in [4.69, 9.17) is 4.74 Å². The summed E-state index contributed by atoms with van der Waals surface area (Å²) in [7, 11) is 3.57. The maximum absolute atomic E-state index is 12.2. The van der Waals surface area contributed by atoms with Crippen LogP contribution >= 0.6 is 0 Å². The van der Waals surface area contributed by atoms with Gasteiger partial charge in [0.15, 0.2) is 5.82 Å². The Labute approximate surface area is 140 Å². The molecule has 1 aliphatic heterocycles. The predicted octanol–water partition coefficient (Wildman–Crippen LogP) is 0.220. The summed E-state index contributed by atoms with van der Waals surface area (Å²) in [4.78, 5) is 29.1. The molecule has 2 aromatic heterocycles. The lowest BCUT2D eigenvalue weighted by Gasteiger charge is -2.35. The lowest BCUT2D eigenvalue weighted by molar-refractivity contribution is 0.0452. The van der Waals surface area contributed by atoms with E-state index in [1.54, 1.807) is 25.6 Å². The van der Waals surface area contributed by atoms with Crippen LogP contribution in [0.1, 0.15) is 5.69 Å². The smallest absolute Gasteiger partial charge is 0.293 e. The van der Waals surface area contributed by atoms with Crippen LogP contribution in [0.4, 0.5) is 11.8 Å². The van der Waals surface area contributed by atoms with Crippen LogP contribution in [-0.2, 0) is 11.8 Å². The van der Waals surface area contributed by atoms with Gasteiger partial charge in [-0.3, -0.25) is 4.79 Å². The van der Waals surface area contributed by atoms with Crippen LogP contribution in [0, 0.1) is 6.92 Å². The van der Waals surface area contributed by atoms with Gasteiger partial charge in [-0.05, 0) is 13.0 Å². The van der Waals surface area contributed by atoms with E-state index in [0.29, 0.717) is 25.5 Å². The molecule has 1 atom stereocenters. The average Bonchev–Trinajstić information content (AvgIpc) is 2.57. The van der Waals surface area contributed by atoms with Gasteiger partial charge in [0.2, 0.25) is 5.95 Å². The Morgan fingerprint density at radius 2 is 2.21 bits per heavy atom. The van der Waals surface area contributed by atoms with Gasteiger partial charge in [0.1, 0.15) is 0 Å². The number of hydrogen-bond donors (Lipinski definition) is 0. The normalized spacial score (nSPS) is 17.8. The molecule has 3 heterocycles. The molecule has 0 saturated carbocycles. The van der Waals surface area contributed by atoms with Crippen molar-refractivity contribution >= 4 is 11.8 Å². The van der Waals surface area contributed by atoms with Gasteiger partial charge in [-0.25, -0.2) is 15.0 Å². The third-order valence-corrected chi connectivity index (χ3v) is 4.04. The fraction of sp³-hybridized carbons (Fsp3) is 0.500. The molecular weight excluding hydrogens is 308 g/mol. The molecule has 0 bridgehead atoms. The quantitative estimate of drug-likeness (QED) is 0.794. The molecule has 0 N–H and O–H groups in total. The molecule has 8 heteroatoms. The van der Waals surface area contributed by atoms with Gasteiger partial charge in [-0.15, -0.1) is 0 Å². The van der Waals surface area contributed by atoms with Crippen molar-refractivity contribution in [3.8, 4) is 0 Å². The van der Waals surface area contributed by atoms with Crippen molar-refractivity contribution < 1.29 is 4.74 Å². The number of nitrogens with zero attached hydrogens (tertiary/aromatic N) is 6. The summed E-state index contributed by atoms with van der Waals surface area (Å²) in [6.07, 6.45) is 5.00. The maximum atomic E-state index is 12.2. The van der Waals surface area contributed by atoms with E-state index >= 15 is 0 Å². The van der Waals surface area contributed by atoms with Gasteiger partial charge in [-0.1, -0.05) is 0 Å². The van der Waals surface area contributed by atoms with Crippen molar-refractivity contribution in [1.29, 1.82) is 0 Å². The highest BCUT2D eigenvalue weighted by atomic mass is 16.5. The third-order valence-electron chi connectivity index (χ3n) is 4.04. The molecule has 128 valence electrons. The summed E-state index contributed by atoms with van der Waals surface area (Å²) >= 11 is 0. The van der Waals surface area contributed by atoms with Gasteiger partial charge in [-0.2, -0.15) is 0 Å². The summed E-state index contributed by atoms with van der Waals surface area (Å²) in [6, 6.07) is 1.88. The molecule has 0 spiro atoms. The standard InChI is InChI=1S/C16H22N6O2/c1-12-4-5-18-16(19-12)22-8-9-24-13(11-22)10-21(3)14-15(23)20(2)7-6-17-14/h4-7,13H,8-11H2,1-3H3/t13-/m0/s1. The van der Waals surface area contributed by atoms with Crippen LogP contribution in [0.15, 0.2) is 29.5 Å². The Morgan fingerprint density at radius 1 is 1.38 bits per heavy atom. The van der Waals surface area contributed by atoms with E-state index in [1.165, 1.54) is 4.57 Å². The summed E-state index contributed by atoms with van der Waals surface area (Å²) in [6.45, 7) is 4.58. The third kappa shape index (κ3) is 3.53. The minimum atomic E-state index is -0.116. The van der Waals surface area contributed by atoms with E-state index < -0.39 is 0 Å². The zero-order valence-electron chi connectivity index (χ0n) is 14.2. The maximum Gasteiger partial charge on any atom is 0.293 e. The minimum Gasteiger partial charge on any atom is -0.373 e. The second-order valence-electron chi connectivity index (χ2n) is 5.98. The number of anilines is 2. The number of aryl methyl sites for hydroxylation is 2. The van der Waals surface area contributed by atoms with Crippen molar-refractivity contribution in [1.82, 2.24) is 19.5 Å². The SMILES string of the molecule is Cc1ccnc(N2CCO[C@@H](CN(C)c3nccn(C)c3=O)C2)n1. The summed E-state index contributed by atoms with van der Waals surface area (Å²) in [5.41, 5.74) is 0.826. The number of morpholine rings is 1. The number of rotatable bonds is 4. The molecular formula is C16H22N6O2. The van der Waals surface area contributed by atoms with Crippen LogP contribution in [0.5, 0.6) is 0 Å². The number of ether oxygens (including phenoxy) is 1. The highest BCUT2D eigenvalue weighted by Gasteiger charge is 2.24. The number of aromatic nitrogens is 4. The lowest BCUT2D eigenvalue weighted by Crippen LogP contribution is -2.48. The fourth-order valence-corrected chi connectivity index (χ4v) is 2.74. The predicted molar refractivity (Wildman–Crippen MR) is 91.5 cm³/mol. The van der Waals surface area contributed by atoms with Crippen molar-refractivity contribution in [2.75, 3.05) is 43.1 Å². The molecule has 0 radical (unpaired) electrons. The van der Waals surface area contributed by atoms with Gasteiger partial charge >= 0.3 is 0 Å². The molecule has 24 heavy (non-hydrogen) atoms. The van der Waals surface area contributed by atoms with Gasteiger partial charge in [0.05, 0.1) is 12.7 Å².